The number of hydrogen-bond donors (Lipinski definition) is 2. The summed E-state index contributed by atoms with van der Waals surface area (Å²) < 4.78 is 11.9. The zero-order valence-corrected chi connectivity index (χ0v) is 14.6. The molecule has 1 aliphatic rings. The second-order valence-corrected chi connectivity index (χ2v) is 8.11. The molecule has 2 rings (SSSR count). The van der Waals surface area contributed by atoms with Crippen molar-refractivity contribution >= 4 is 23.5 Å². The van der Waals surface area contributed by atoms with Crippen molar-refractivity contribution in [2.24, 2.45) is 0 Å². The minimum absolute atomic E-state index is 0.120. The fourth-order valence-electron chi connectivity index (χ4n) is 2.42. The molecule has 1 fully saturated rings. The van der Waals surface area contributed by atoms with Gasteiger partial charge in [-0.25, -0.2) is 0 Å². The summed E-state index contributed by atoms with van der Waals surface area (Å²) >= 11 is 3.52. The third-order valence-electron chi connectivity index (χ3n) is 3.48. The Hall–Kier alpha value is -0.240. The molecular weight excluding hydrogens is 320 g/mol. The molecule has 1 saturated heterocycles. The van der Waals surface area contributed by atoms with Crippen LogP contribution in [0.25, 0.3) is 0 Å². The summed E-state index contributed by atoms with van der Waals surface area (Å²) in [5, 5.41) is 20.0. The Bertz CT molecular complexity index is 425. The van der Waals surface area contributed by atoms with Crippen molar-refractivity contribution in [3.8, 4) is 0 Å². The number of benzene rings is 1. The highest BCUT2D eigenvalue weighted by atomic mass is 32.2. The summed E-state index contributed by atoms with van der Waals surface area (Å²) in [6.45, 7) is 3.97. The van der Waals surface area contributed by atoms with Crippen LogP contribution < -0.4 is 0 Å². The number of aliphatic hydroxyl groups is 2. The molecule has 1 aromatic rings. The first kappa shape index (κ1) is 18.1. The third-order valence-corrected chi connectivity index (χ3v) is 6.16. The standard InChI is InChI=1S/C16H24O4S2/c1-3-21-16(22-4-2)14-13(18)12(10-17)19-15(20-14)11-8-6-5-7-9-11/h5-9,12-18H,3-4,10H2,1-2H3/t12-,13+,14-,15?/m1/s1. The smallest absolute Gasteiger partial charge is 0.184 e. The normalized spacial score (nSPS) is 29.0. The fourth-order valence-corrected chi connectivity index (χ4v) is 5.10. The average Bonchev–Trinajstić information content (AvgIpc) is 2.56. The van der Waals surface area contributed by atoms with Gasteiger partial charge in [0.1, 0.15) is 18.3 Å². The molecule has 1 aromatic carbocycles. The number of rotatable bonds is 7. The van der Waals surface area contributed by atoms with Gasteiger partial charge in [0.15, 0.2) is 6.29 Å². The van der Waals surface area contributed by atoms with E-state index in [0.29, 0.717) is 0 Å². The highest BCUT2D eigenvalue weighted by molar-refractivity contribution is 8.17. The summed E-state index contributed by atoms with van der Waals surface area (Å²) in [5.74, 6) is 1.90. The average molecular weight is 344 g/mol. The lowest BCUT2D eigenvalue weighted by molar-refractivity contribution is -0.290. The molecule has 0 radical (unpaired) electrons. The molecule has 124 valence electrons. The van der Waals surface area contributed by atoms with Crippen LogP contribution in [0.2, 0.25) is 0 Å². The van der Waals surface area contributed by atoms with Crippen LogP contribution >= 0.6 is 23.5 Å². The number of thioether (sulfide) groups is 2. The lowest BCUT2D eigenvalue weighted by atomic mass is 10.1. The monoisotopic (exact) mass is 344 g/mol. The van der Waals surface area contributed by atoms with Crippen LogP contribution in [0, 0.1) is 0 Å². The summed E-state index contributed by atoms with van der Waals surface area (Å²) in [5.41, 5.74) is 0.902. The minimum atomic E-state index is -0.826. The first-order valence-electron chi connectivity index (χ1n) is 7.59. The molecule has 0 saturated carbocycles. The lowest BCUT2D eigenvalue weighted by Crippen LogP contribution is -2.52. The predicted molar refractivity (Wildman–Crippen MR) is 92.1 cm³/mol. The fraction of sp³-hybridized carbons (Fsp3) is 0.625. The number of ether oxygens (including phenoxy) is 2. The predicted octanol–water partition coefficient (Wildman–Crippen LogP) is 2.65. The molecule has 4 atom stereocenters. The summed E-state index contributed by atoms with van der Waals surface area (Å²) in [6.07, 6.45) is -2.37. The van der Waals surface area contributed by atoms with Gasteiger partial charge in [0.25, 0.3) is 0 Å². The Morgan fingerprint density at radius 1 is 1.09 bits per heavy atom. The zero-order chi connectivity index (χ0) is 15.9. The van der Waals surface area contributed by atoms with E-state index in [1.165, 1.54) is 0 Å². The van der Waals surface area contributed by atoms with Crippen molar-refractivity contribution < 1.29 is 19.7 Å². The highest BCUT2D eigenvalue weighted by Crippen LogP contribution is 2.38. The van der Waals surface area contributed by atoms with Crippen molar-refractivity contribution in [2.75, 3.05) is 18.1 Å². The van der Waals surface area contributed by atoms with Gasteiger partial charge >= 0.3 is 0 Å². The van der Waals surface area contributed by atoms with E-state index in [-0.39, 0.29) is 17.3 Å². The molecule has 0 aliphatic carbocycles. The Morgan fingerprint density at radius 3 is 2.27 bits per heavy atom. The molecule has 1 aliphatic heterocycles. The summed E-state index contributed by atoms with van der Waals surface area (Å²) in [6, 6.07) is 9.65. The second kappa shape index (κ2) is 9.15. The van der Waals surface area contributed by atoms with Gasteiger partial charge in [0, 0.05) is 5.56 Å². The third kappa shape index (κ3) is 4.40. The quantitative estimate of drug-likeness (QED) is 0.742. The van der Waals surface area contributed by atoms with E-state index in [4.69, 9.17) is 9.47 Å². The largest absolute Gasteiger partial charge is 0.394 e. The van der Waals surface area contributed by atoms with Gasteiger partial charge in [-0.3, -0.25) is 0 Å². The molecule has 0 bridgehead atoms. The molecule has 0 spiro atoms. The van der Waals surface area contributed by atoms with Crippen LogP contribution in [0.5, 0.6) is 0 Å². The van der Waals surface area contributed by atoms with E-state index in [2.05, 4.69) is 13.8 Å². The van der Waals surface area contributed by atoms with Crippen LogP contribution in [0.1, 0.15) is 25.7 Å². The lowest BCUT2D eigenvalue weighted by Gasteiger charge is -2.41. The minimum Gasteiger partial charge on any atom is -0.394 e. The maximum absolute atomic E-state index is 10.5. The van der Waals surface area contributed by atoms with Crippen LogP contribution in [0.4, 0.5) is 0 Å². The van der Waals surface area contributed by atoms with Gasteiger partial charge in [-0.15, -0.1) is 23.5 Å². The zero-order valence-electron chi connectivity index (χ0n) is 12.9. The maximum atomic E-state index is 10.5. The Labute approximate surface area is 140 Å². The molecule has 6 heteroatoms. The van der Waals surface area contributed by atoms with E-state index in [9.17, 15) is 10.2 Å². The second-order valence-electron chi connectivity index (χ2n) is 4.97. The molecule has 1 unspecified atom stereocenters. The van der Waals surface area contributed by atoms with E-state index in [1.807, 2.05) is 30.3 Å². The Morgan fingerprint density at radius 2 is 1.73 bits per heavy atom. The topological polar surface area (TPSA) is 58.9 Å². The van der Waals surface area contributed by atoms with Crippen molar-refractivity contribution in [3.05, 3.63) is 35.9 Å². The molecule has 22 heavy (non-hydrogen) atoms. The Balaban J connectivity index is 2.19. The van der Waals surface area contributed by atoms with Gasteiger partial charge in [0.05, 0.1) is 11.2 Å². The van der Waals surface area contributed by atoms with Crippen LogP contribution in [0.3, 0.4) is 0 Å². The molecular formula is C16H24O4S2. The van der Waals surface area contributed by atoms with Crippen molar-refractivity contribution in [3.63, 3.8) is 0 Å². The van der Waals surface area contributed by atoms with E-state index in [0.717, 1.165) is 17.1 Å². The van der Waals surface area contributed by atoms with Gasteiger partial charge < -0.3 is 19.7 Å². The molecule has 4 nitrogen and oxygen atoms in total. The summed E-state index contributed by atoms with van der Waals surface area (Å²) in [4.78, 5) is 0. The van der Waals surface area contributed by atoms with Crippen LogP contribution in [-0.2, 0) is 9.47 Å². The van der Waals surface area contributed by atoms with E-state index >= 15 is 0 Å². The first-order valence-corrected chi connectivity index (χ1v) is 9.69. The molecule has 0 amide bonds. The maximum Gasteiger partial charge on any atom is 0.184 e. The number of aliphatic hydroxyl groups excluding tert-OH is 2. The van der Waals surface area contributed by atoms with E-state index < -0.39 is 18.5 Å². The van der Waals surface area contributed by atoms with Crippen LogP contribution in [0.15, 0.2) is 30.3 Å². The van der Waals surface area contributed by atoms with Gasteiger partial charge in [-0.2, -0.15) is 0 Å². The van der Waals surface area contributed by atoms with Crippen molar-refractivity contribution in [1.82, 2.24) is 0 Å². The highest BCUT2D eigenvalue weighted by Gasteiger charge is 2.42. The van der Waals surface area contributed by atoms with Gasteiger partial charge in [-0.05, 0) is 11.5 Å². The number of hydrogen-bond acceptors (Lipinski definition) is 6. The SMILES string of the molecule is CCSC(SCC)[C@@H]1OC(c2ccccc2)O[C@H](CO)[C@@H]1O. The van der Waals surface area contributed by atoms with Crippen molar-refractivity contribution in [2.45, 2.75) is 43.0 Å². The van der Waals surface area contributed by atoms with Crippen LogP contribution in [-0.4, -0.2) is 51.2 Å². The van der Waals surface area contributed by atoms with Crippen molar-refractivity contribution in [1.29, 1.82) is 0 Å². The van der Waals surface area contributed by atoms with Gasteiger partial charge in [-0.1, -0.05) is 44.2 Å². The first-order chi connectivity index (χ1) is 10.7. The Kier molecular flexibility index (Phi) is 7.53. The molecule has 1 heterocycles. The molecule has 0 aromatic heterocycles. The molecule has 2 N–H and O–H groups in total. The summed E-state index contributed by atoms with van der Waals surface area (Å²) in [7, 11) is 0. The van der Waals surface area contributed by atoms with E-state index in [1.54, 1.807) is 23.5 Å². The van der Waals surface area contributed by atoms with Gasteiger partial charge in [0.2, 0.25) is 0 Å².